The molecular formula is C16H19NO. The lowest BCUT2D eigenvalue weighted by Gasteiger charge is -2.04. The van der Waals surface area contributed by atoms with Gasteiger partial charge < -0.3 is 9.72 Å². The van der Waals surface area contributed by atoms with Gasteiger partial charge in [-0.1, -0.05) is 38.1 Å². The highest BCUT2D eigenvalue weighted by Crippen LogP contribution is 2.32. The van der Waals surface area contributed by atoms with Crippen LogP contribution < -0.4 is 4.74 Å². The molecule has 0 saturated heterocycles. The number of para-hydroxylation sites is 1. The second-order valence-electron chi connectivity index (χ2n) is 3.78. The highest BCUT2D eigenvalue weighted by molar-refractivity contribution is 6.10. The third kappa shape index (κ3) is 2.06. The molecule has 0 fully saturated rings. The van der Waals surface area contributed by atoms with Crippen molar-refractivity contribution in [2.75, 3.05) is 6.61 Å². The smallest absolute Gasteiger partial charge is 0.129 e. The van der Waals surface area contributed by atoms with Crippen molar-refractivity contribution in [2.24, 2.45) is 0 Å². The molecule has 0 unspecified atom stereocenters. The molecule has 1 heterocycles. The van der Waals surface area contributed by atoms with E-state index in [0.717, 1.165) is 16.8 Å². The maximum Gasteiger partial charge on any atom is 0.129 e. The first-order chi connectivity index (χ1) is 8.90. The summed E-state index contributed by atoms with van der Waals surface area (Å²) in [4.78, 5) is 3.40. The molecule has 0 aliphatic carbocycles. The lowest BCUT2D eigenvalue weighted by molar-refractivity contribution is 0.344. The van der Waals surface area contributed by atoms with Gasteiger partial charge in [0.2, 0.25) is 0 Å². The highest BCUT2D eigenvalue weighted by Gasteiger charge is 2.08. The largest absolute Gasteiger partial charge is 0.493 e. The maximum absolute atomic E-state index is 5.67. The molecule has 0 spiro atoms. The van der Waals surface area contributed by atoms with Crippen LogP contribution in [0.4, 0.5) is 0 Å². The van der Waals surface area contributed by atoms with E-state index < -0.39 is 0 Å². The third-order valence-electron chi connectivity index (χ3n) is 2.79. The van der Waals surface area contributed by atoms with Crippen LogP contribution >= 0.6 is 0 Å². The van der Waals surface area contributed by atoms with Crippen LogP contribution in [0.15, 0.2) is 42.5 Å². The van der Waals surface area contributed by atoms with Crippen LogP contribution in [0.25, 0.3) is 21.8 Å². The molecule has 0 bridgehead atoms. The molecule has 18 heavy (non-hydrogen) atoms. The minimum Gasteiger partial charge on any atom is -0.493 e. The highest BCUT2D eigenvalue weighted by atomic mass is 16.5. The summed E-state index contributed by atoms with van der Waals surface area (Å²) in [5.74, 6) is 0.956. The van der Waals surface area contributed by atoms with Crippen LogP contribution in [-0.4, -0.2) is 11.6 Å². The summed E-state index contributed by atoms with van der Waals surface area (Å²) >= 11 is 0. The summed E-state index contributed by atoms with van der Waals surface area (Å²) in [6.45, 7) is 6.70. The minimum absolute atomic E-state index is 0.693. The maximum atomic E-state index is 5.67. The molecule has 0 radical (unpaired) electrons. The topological polar surface area (TPSA) is 25.0 Å². The van der Waals surface area contributed by atoms with E-state index in [4.69, 9.17) is 4.74 Å². The zero-order chi connectivity index (χ0) is 13.0. The van der Waals surface area contributed by atoms with E-state index in [1.54, 1.807) is 0 Å². The molecule has 2 aromatic carbocycles. The van der Waals surface area contributed by atoms with Gasteiger partial charge in [0.1, 0.15) is 5.75 Å². The predicted molar refractivity (Wildman–Crippen MR) is 78.3 cm³/mol. The number of aromatic nitrogens is 1. The number of aromatic amines is 1. The van der Waals surface area contributed by atoms with Crippen LogP contribution in [0.5, 0.6) is 5.75 Å². The molecule has 94 valence electrons. The fraction of sp³-hybridized carbons (Fsp3) is 0.250. The molecule has 1 N–H and O–H groups in total. The summed E-state index contributed by atoms with van der Waals surface area (Å²) in [5, 5.41) is 2.40. The predicted octanol–water partition coefficient (Wildman–Crippen LogP) is 4.75. The monoisotopic (exact) mass is 241 g/mol. The normalized spacial score (nSPS) is 10.2. The Morgan fingerprint density at radius 2 is 1.67 bits per heavy atom. The molecule has 3 rings (SSSR count). The number of rotatable bonds is 2. The van der Waals surface area contributed by atoms with Gasteiger partial charge in [0.05, 0.1) is 12.1 Å². The van der Waals surface area contributed by atoms with Gasteiger partial charge in [0.25, 0.3) is 0 Å². The molecule has 0 aliphatic rings. The number of H-pyrrole nitrogens is 1. The molecule has 1 aromatic heterocycles. The Kier molecular flexibility index (Phi) is 3.88. The standard InChI is InChI=1S/C14H13NO.C2H6/c1-2-16-13-9-5-8-12-14(13)10-6-3-4-7-11(10)15-12;1-2/h3-9,15H,2H2,1H3;1-2H3. The minimum atomic E-state index is 0.693. The Bertz CT molecular complexity index is 640. The van der Waals surface area contributed by atoms with Gasteiger partial charge in [0.15, 0.2) is 0 Å². The summed E-state index contributed by atoms with van der Waals surface area (Å²) in [6.07, 6.45) is 0. The first kappa shape index (κ1) is 12.5. The van der Waals surface area contributed by atoms with Crippen molar-refractivity contribution in [1.82, 2.24) is 4.98 Å². The Balaban J connectivity index is 0.000000574. The first-order valence-electron chi connectivity index (χ1n) is 6.52. The van der Waals surface area contributed by atoms with Gasteiger partial charge in [-0.2, -0.15) is 0 Å². The van der Waals surface area contributed by atoms with E-state index in [9.17, 15) is 0 Å². The van der Waals surface area contributed by atoms with Crippen LogP contribution in [0.3, 0.4) is 0 Å². The molecule has 2 heteroatoms. The van der Waals surface area contributed by atoms with E-state index in [-0.39, 0.29) is 0 Å². The first-order valence-corrected chi connectivity index (χ1v) is 6.52. The number of hydrogen-bond donors (Lipinski definition) is 1. The summed E-state index contributed by atoms with van der Waals surface area (Å²) in [5.41, 5.74) is 2.29. The van der Waals surface area contributed by atoms with Gasteiger partial charge in [-0.25, -0.2) is 0 Å². The average molecular weight is 241 g/mol. The number of fused-ring (bicyclic) bond motifs is 3. The second kappa shape index (κ2) is 5.58. The Labute approximate surface area is 108 Å². The van der Waals surface area contributed by atoms with E-state index in [1.165, 1.54) is 10.8 Å². The van der Waals surface area contributed by atoms with Crippen LogP contribution in [0.2, 0.25) is 0 Å². The lowest BCUT2D eigenvalue weighted by Crippen LogP contribution is -1.91. The fourth-order valence-electron chi connectivity index (χ4n) is 2.14. The molecule has 0 saturated carbocycles. The second-order valence-corrected chi connectivity index (χ2v) is 3.78. The van der Waals surface area contributed by atoms with Gasteiger partial charge >= 0.3 is 0 Å². The SMILES string of the molecule is CC.CCOc1cccc2[nH]c3ccccc3c12. The third-order valence-corrected chi connectivity index (χ3v) is 2.79. The molecule has 0 atom stereocenters. The van der Waals surface area contributed by atoms with Crippen molar-refractivity contribution in [1.29, 1.82) is 0 Å². The summed E-state index contributed by atoms with van der Waals surface area (Å²) in [7, 11) is 0. The molecular weight excluding hydrogens is 222 g/mol. The number of nitrogens with one attached hydrogen (secondary N) is 1. The van der Waals surface area contributed by atoms with Crippen LogP contribution in [-0.2, 0) is 0 Å². The summed E-state index contributed by atoms with van der Waals surface area (Å²) in [6, 6.07) is 14.4. The average Bonchev–Trinajstić information content (AvgIpc) is 2.81. The molecule has 2 nitrogen and oxygen atoms in total. The molecule has 0 aliphatic heterocycles. The number of benzene rings is 2. The van der Waals surface area contributed by atoms with Gasteiger partial charge in [-0.05, 0) is 25.1 Å². The van der Waals surface area contributed by atoms with Crippen molar-refractivity contribution in [3.8, 4) is 5.75 Å². The van der Waals surface area contributed by atoms with Gasteiger partial charge in [-0.15, -0.1) is 0 Å². The lowest BCUT2D eigenvalue weighted by atomic mass is 10.1. The van der Waals surface area contributed by atoms with Gasteiger partial charge in [-0.3, -0.25) is 0 Å². The van der Waals surface area contributed by atoms with E-state index >= 15 is 0 Å². The Morgan fingerprint density at radius 1 is 0.944 bits per heavy atom. The fourth-order valence-corrected chi connectivity index (χ4v) is 2.14. The molecule has 3 aromatic rings. The number of hydrogen-bond acceptors (Lipinski definition) is 1. The zero-order valence-corrected chi connectivity index (χ0v) is 11.2. The van der Waals surface area contributed by atoms with Crippen molar-refractivity contribution in [3.05, 3.63) is 42.5 Å². The van der Waals surface area contributed by atoms with E-state index in [1.807, 2.05) is 39.0 Å². The Morgan fingerprint density at radius 3 is 2.44 bits per heavy atom. The van der Waals surface area contributed by atoms with Gasteiger partial charge in [0, 0.05) is 16.3 Å². The van der Waals surface area contributed by atoms with E-state index in [2.05, 4.69) is 29.2 Å². The van der Waals surface area contributed by atoms with Crippen molar-refractivity contribution in [3.63, 3.8) is 0 Å². The van der Waals surface area contributed by atoms with E-state index in [0.29, 0.717) is 6.61 Å². The zero-order valence-electron chi connectivity index (χ0n) is 11.2. The van der Waals surface area contributed by atoms with Crippen molar-refractivity contribution < 1.29 is 4.74 Å². The number of ether oxygens (including phenoxy) is 1. The van der Waals surface area contributed by atoms with Crippen molar-refractivity contribution in [2.45, 2.75) is 20.8 Å². The van der Waals surface area contributed by atoms with Crippen molar-refractivity contribution >= 4 is 21.8 Å². The molecule has 0 amide bonds. The van der Waals surface area contributed by atoms with Crippen LogP contribution in [0, 0.1) is 0 Å². The Hall–Kier alpha value is -1.96. The quantitative estimate of drug-likeness (QED) is 0.688. The van der Waals surface area contributed by atoms with Crippen LogP contribution in [0.1, 0.15) is 20.8 Å². The summed E-state index contributed by atoms with van der Waals surface area (Å²) < 4.78 is 5.67.